The summed E-state index contributed by atoms with van der Waals surface area (Å²) in [4.78, 5) is 11.4. The van der Waals surface area contributed by atoms with Gasteiger partial charge < -0.3 is 5.32 Å². The van der Waals surface area contributed by atoms with Crippen molar-refractivity contribution in [2.75, 3.05) is 7.05 Å². The van der Waals surface area contributed by atoms with Crippen LogP contribution in [0.4, 0.5) is 0 Å². The van der Waals surface area contributed by atoms with Gasteiger partial charge in [0.05, 0.1) is 5.69 Å². The highest BCUT2D eigenvalue weighted by atomic mass is 16.1. The second-order valence-electron chi connectivity index (χ2n) is 2.77. The monoisotopic (exact) mass is 167 g/mol. The highest BCUT2D eigenvalue weighted by Crippen LogP contribution is 1.93. The summed E-state index contributed by atoms with van der Waals surface area (Å²) >= 11 is 0. The third kappa shape index (κ3) is 1.71. The molecule has 0 saturated carbocycles. The molecule has 4 heteroatoms. The highest BCUT2D eigenvalue weighted by Gasteiger charge is 2.01. The second-order valence-corrected chi connectivity index (χ2v) is 2.77. The summed E-state index contributed by atoms with van der Waals surface area (Å²) in [6.45, 7) is 2.47. The van der Waals surface area contributed by atoms with Crippen molar-refractivity contribution in [1.29, 1.82) is 0 Å². The Bertz CT molecular complexity index is 330. The maximum atomic E-state index is 11.4. The minimum atomic E-state index is -0.0325. The third-order valence-corrected chi connectivity index (χ3v) is 1.63. The van der Waals surface area contributed by atoms with E-state index >= 15 is 0 Å². The van der Waals surface area contributed by atoms with Gasteiger partial charge in [-0.05, 0) is 20.0 Å². The fourth-order valence-corrected chi connectivity index (χ4v) is 1.15. The molecule has 1 aromatic heterocycles. The van der Waals surface area contributed by atoms with Gasteiger partial charge in [0.1, 0.15) is 0 Å². The van der Waals surface area contributed by atoms with E-state index in [2.05, 4.69) is 10.4 Å². The number of hydrogen-bond donors (Lipinski definition) is 1. The van der Waals surface area contributed by atoms with Crippen molar-refractivity contribution in [3.63, 3.8) is 0 Å². The molecule has 12 heavy (non-hydrogen) atoms. The lowest BCUT2D eigenvalue weighted by Crippen LogP contribution is -2.26. The van der Waals surface area contributed by atoms with Gasteiger partial charge in [0.15, 0.2) is 0 Å². The van der Waals surface area contributed by atoms with Crippen LogP contribution in [0.1, 0.15) is 11.3 Å². The predicted octanol–water partition coefficient (Wildman–Crippen LogP) is -0.192. The van der Waals surface area contributed by atoms with E-state index in [1.165, 1.54) is 4.68 Å². The fraction of sp³-hybridized carbons (Fsp3) is 0.500. The van der Waals surface area contributed by atoms with Crippen LogP contribution < -0.4 is 10.9 Å². The topological polar surface area (TPSA) is 46.9 Å². The van der Waals surface area contributed by atoms with Gasteiger partial charge in [-0.2, -0.15) is 5.10 Å². The van der Waals surface area contributed by atoms with Crippen LogP contribution in [0, 0.1) is 6.92 Å². The number of aromatic nitrogens is 2. The van der Waals surface area contributed by atoms with Crippen LogP contribution >= 0.6 is 0 Å². The molecule has 0 bridgehead atoms. The average Bonchev–Trinajstić information content (AvgIpc) is 2.00. The molecule has 0 aliphatic rings. The van der Waals surface area contributed by atoms with Crippen LogP contribution in [0.25, 0.3) is 0 Å². The van der Waals surface area contributed by atoms with E-state index in [0.717, 1.165) is 11.3 Å². The number of nitrogens with zero attached hydrogens (tertiary/aromatic N) is 2. The van der Waals surface area contributed by atoms with Gasteiger partial charge in [0.25, 0.3) is 5.56 Å². The molecule has 0 aromatic carbocycles. The van der Waals surface area contributed by atoms with Crippen LogP contribution in [0.15, 0.2) is 10.9 Å². The van der Waals surface area contributed by atoms with E-state index in [0.29, 0.717) is 6.54 Å². The summed E-state index contributed by atoms with van der Waals surface area (Å²) in [5.74, 6) is 0. The highest BCUT2D eigenvalue weighted by molar-refractivity contribution is 5.11. The maximum absolute atomic E-state index is 11.4. The summed E-state index contributed by atoms with van der Waals surface area (Å²) in [5.41, 5.74) is 1.59. The summed E-state index contributed by atoms with van der Waals surface area (Å²) in [7, 11) is 3.48. The SMILES string of the molecule is CNCc1cc(C)nn(C)c1=O. The Morgan fingerprint density at radius 3 is 2.92 bits per heavy atom. The minimum Gasteiger partial charge on any atom is -0.315 e. The maximum Gasteiger partial charge on any atom is 0.270 e. The molecule has 1 rings (SSSR count). The van der Waals surface area contributed by atoms with Crippen LogP contribution in [-0.4, -0.2) is 16.8 Å². The smallest absolute Gasteiger partial charge is 0.270 e. The Labute approximate surface area is 71.2 Å². The van der Waals surface area contributed by atoms with Crippen LogP contribution in [-0.2, 0) is 13.6 Å². The Morgan fingerprint density at radius 1 is 1.67 bits per heavy atom. The van der Waals surface area contributed by atoms with Crippen LogP contribution in [0.3, 0.4) is 0 Å². The second kappa shape index (κ2) is 3.49. The Morgan fingerprint density at radius 2 is 2.33 bits per heavy atom. The molecule has 0 aliphatic heterocycles. The molecule has 66 valence electrons. The van der Waals surface area contributed by atoms with Gasteiger partial charge in [-0.1, -0.05) is 0 Å². The normalized spacial score (nSPS) is 10.2. The molecule has 0 atom stereocenters. The predicted molar refractivity (Wildman–Crippen MR) is 47.0 cm³/mol. The summed E-state index contributed by atoms with van der Waals surface area (Å²) in [6, 6.07) is 1.80. The lowest BCUT2D eigenvalue weighted by Gasteiger charge is -2.03. The Hall–Kier alpha value is -1.16. The van der Waals surface area contributed by atoms with Crippen molar-refractivity contribution >= 4 is 0 Å². The van der Waals surface area contributed by atoms with Gasteiger partial charge in [-0.25, -0.2) is 4.68 Å². The van der Waals surface area contributed by atoms with Crippen molar-refractivity contribution in [3.8, 4) is 0 Å². The molecule has 0 spiro atoms. The van der Waals surface area contributed by atoms with Crippen molar-refractivity contribution in [2.24, 2.45) is 7.05 Å². The van der Waals surface area contributed by atoms with Gasteiger partial charge in [0.2, 0.25) is 0 Å². The minimum absolute atomic E-state index is 0.0325. The molecule has 1 heterocycles. The first kappa shape index (κ1) is 8.93. The molecule has 0 aliphatic carbocycles. The molecule has 4 nitrogen and oxygen atoms in total. The molecule has 0 radical (unpaired) electrons. The lowest BCUT2D eigenvalue weighted by atomic mass is 10.2. The van der Waals surface area contributed by atoms with Crippen molar-refractivity contribution < 1.29 is 0 Å². The molecule has 1 aromatic rings. The first-order chi connectivity index (χ1) is 5.65. The van der Waals surface area contributed by atoms with Crippen LogP contribution in [0.5, 0.6) is 0 Å². The molecule has 0 amide bonds. The zero-order chi connectivity index (χ0) is 9.14. The van der Waals surface area contributed by atoms with E-state index in [4.69, 9.17) is 0 Å². The third-order valence-electron chi connectivity index (χ3n) is 1.63. The number of aryl methyl sites for hydroxylation is 2. The number of hydrogen-bond acceptors (Lipinski definition) is 3. The molecular formula is C8H13N3O. The molecule has 0 unspecified atom stereocenters. The first-order valence-corrected chi connectivity index (χ1v) is 3.83. The number of rotatable bonds is 2. The first-order valence-electron chi connectivity index (χ1n) is 3.83. The van der Waals surface area contributed by atoms with Gasteiger partial charge in [-0.15, -0.1) is 0 Å². The standard InChI is InChI=1S/C8H13N3O/c1-6-4-7(5-9-2)8(12)11(3)10-6/h4,9H,5H2,1-3H3. The summed E-state index contributed by atoms with van der Waals surface area (Å²) in [6.07, 6.45) is 0. The molecular weight excluding hydrogens is 154 g/mol. The molecule has 0 saturated heterocycles. The summed E-state index contributed by atoms with van der Waals surface area (Å²) < 4.78 is 1.36. The Kier molecular flexibility index (Phi) is 2.60. The zero-order valence-electron chi connectivity index (χ0n) is 7.59. The Balaban J connectivity index is 3.19. The van der Waals surface area contributed by atoms with Gasteiger partial charge in [-0.3, -0.25) is 4.79 Å². The van der Waals surface area contributed by atoms with Crippen molar-refractivity contribution in [3.05, 3.63) is 27.7 Å². The van der Waals surface area contributed by atoms with Crippen LogP contribution in [0.2, 0.25) is 0 Å². The van der Waals surface area contributed by atoms with E-state index < -0.39 is 0 Å². The van der Waals surface area contributed by atoms with Crippen molar-refractivity contribution in [1.82, 2.24) is 15.1 Å². The quantitative estimate of drug-likeness (QED) is 0.664. The average molecular weight is 167 g/mol. The van der Waals surface area contributed by atoms with Crippen molar-refractivity contribution in [2.45, 2.75) is 13.5 Å². The lowest BCUT2D eigenvalue weighted by molar-refractivity contribution is 0.666. The van der Waals surface area contributed by atoms with E-state index in [9.17, 15) is 4.79 Å². The zero-order valence-corrected chi connectivity index (χ0v) is 7.59. The molecule has 1 N–H and O–H groups in total. The van der Waals surface area contributed by atoms with E-state index in [1.54, 1.807) is 13.1 Å². The van der Waals surface area contributed by atoms with E-state index in [-0.39, 0.29) is 5.56 Å². The molecule has 0 fully saturated rings. The fourth-order valence-electron chi connectivity index (χ4n) is 1.15. The number of nitrogens with one attached hydrogen (secondary N) is 1. The summed E-state index contributed by atoms with van der Waals surface area (Å²) in [5, 5.41) is 6.93. The van der Waals surface area contributed by atoms with Gasteiger partial charge in [0, 0.05) is 19.2 Å². The largest absolute Gasteiger partial charge is 0.315 e. The van der Waals surface area contributed by atoms with E-state index in [1.807, 2.05) is 14.0 Å². The van der Waals surface area contributed by atoms with Gasteiger partial charge >= 0.3 is 0 Å².